The van der Waals surface area contributed by atoms with Gasteiger partial charge in [-0.15, -0.1) is 0 Å². The van der Waals surface area contributed by atoms with E-state index in [4.69, 9.17) is 4.74 Å². The Bertz CT molecular complexity index is 1220. The number of imidazole rings is 1. The molecule has 0 aliphatic carbocycles. The summed E-state index contributed by atoms with van der Waals surface area (Å²) in [5, 5.41) is 0. The van der Waals surface area contributed by atoms with E-state index < -0.39 is 5.60 Å². The average Bonchev–Trinajstić information content (AvgIpc) is 3.14. The van der Waals surface area contributed by atoms with Gasteiger partial charge in [0.05, 0.1) is 16.7 Å². The van der Waals surface area contributed by atoms with E-state index in [1.165, 1.54) is 0 Å². The van der Waals surface area contributed by atoms with E-state index in [1.54, 1.807) is 11.1 Å². The number of rotatable bonds is 6. The summed E-state index contributed by atoms with van der Waals surface area (Å²) >= 11 is 0. The minimum Gasteiger partial charge on any atom is -0.443 e. The summed E-state index contributed by atoms with van der Waals surface area (Å²) < 4.78 is 7.73. The van der Waals surface area contributed by atoms with E-state index in [0.29, 0.717) is 12.3 Å². The maximum atomic E-state index is 12.9. The average molecular weight is 431 g/mol. The van der Waals surface area contributed by atoms with Crippen molar-refractivity contribution in [3.63, 3.8) is 0 Å². The lowest BCUT2D eigenvalue weighted by Gasteiger charge is -2.27. The lowest BCUT2D eigenvalue weighted by atomic mass is 10.1. The van der Waals surface area contributed by atoms with Crippen molar-refractivity contribution >= 4 is 28.6 Å². The van der Waals surface area contributed by atoms with Gasteiger partial charge in [0, 0.05) is 18.4 Å². The van der Waals surface area contributed by atoms with Crippen LogP contribution in [0.4, 0.5) is 10.5 Å². The molecule has 2 aromatic carbocycles. The Labute approximate surface area is 188 Å². The third-order valence-corrected chi connectivity index (χ3v) is 5.28. The fourth-order valence-electron chi connectivity index (χ4n) is 3.79. The van der Waals surface area contributed by atoms with E-state index in [2.05, 4.69) is 21.3 Å². The van der Waals surface area contributed by atoms with Crippen LogP contribution in [0.25, 0.3) is 28.1 Å². The van der Waals surface area contributed by atoms with E-state index in [1.807, 2.05) is 75.4 Å². The lowest BCUT2D eigenvalue weighted by molar-refractivity contribution is 0.0579. The molecule has 2 aromatic heterocycles. The fourth-order valence-corrected chi connectivity index (χ4v) is 3.79. The molecule has 0 radical (unpaired) electrons. The van der Waals surface area contributed by atoms with Crippen LogP contribution in [0.15, 0.2) is 60.8 Å². The minimum atomic E-state index is -0.537. The fraction of sp³-hybridized carbons (Fsp3) is 0.346. The molecule has 0 spiro atoms. The van der Waals surface area contributed by atoms with E-state index in [9.17, 15) is 4.79 Å². The molecule has 4 rings (SSSR count). The van der Waals surface area contributed by atoms with Crippen LogP contribution in [0.3, 0.4) is 0 Å². The molecule has 0 saturated heterocycles. The van der Waals surface area contributed by atoms with Gasteiger partial charge >= 0.3 is 6.09 Å². The van der Waals surface area contributed by atoms with Gasteiger partial charge in [0.25, 0.3) is 0 Å². The van der Waals surface area contributed by atoms with Gasteiger partial charge in [0.1, 0.15) is 5.60 Å². The number of amides is 1. The number of anilines is 1. The molecule has 0 bridgehead atoms. The molecule has 0 atom stereocenters. The maximum absolute atomic E-state index is 12.9. The molecule has 4 aromatic rings. The summed E-state index contributed by atoms with van der Waals surface area (Å²) in [6, 6.07) is 18.1. The molecule has 32 heavy (non-hydrogen) atoms. The largest absolute Gasteiger partial charge is 0.443 e. The van der Waals surface area contributed by atoms with Crippen molar-refractivity contribution in [1.82, 2.24) is 14.4 Å². The smallest absolute Gasteiger partial charge is 0.414 e. The van der Waals surface area contributed by atoms with Crippen molar-refractivity contribution in [1.29, 1.82) is 0 Å². The molecule has 0 aliphatic rings. The topological polar surface area (TPSA) is 59.7 Å². The Balaban J connectivity index is 1.68. The number of hydrogen-bond donors (Lipinski definition) is 0. The van der Waals surface area contributed by atoms with Crippen LogP contribution >= 0.6 is 0 Å². The first-order valence-electron chi connectivity index (χ1n) is 11.2. The Hall–Kier alpha value is -3.41. The van der Waals surface area contributed by atoms with Crippen LogP contribution in [0, 0.1) is 0 Å². The second-order valence-corrected chi connectivity index (χ2v) is 8.95. The Kier molecular flexibility index (Phi) is 6.12. The second-order valence-electron chi connectivity index (χ2n) is 8.95. The summed E-state index contributed by atoms with van der Waals surface area (Å²) in [6.45, 7) is 8.46. The van der Waals surface area contributed by atoms with Crippen LogP contribution in [0.5, 0.6) is 0 Å². The standard InChI is InChI=1S/C26H30N4O2/c1-5-6-9-18-29(25(31)32-26(2,3)4)20-14-12-19(13-15-20)22-16-17-27-24-28-21-10-7-8-11-23(21)30(22)24/h7-8,10-17H,5-6,9,18H2,1-4H3. The number of carbonyl (C=O) groups excluding carboxylic acids is 1. The summed E-state index contributed by atoms with van der Waals surface area (Å²) in [5.41, 5.74) is 4.26. The lowest BCUT2D eigenvalue weighted by Crippen LogP contribution is -2.37. The SMILES string of the molecule is CCCCCN(C(=O)OC(C)(C)C)c1ccc(-c2ccnc3nc4ccccc4n23)cc1. The summed E-state index contributed by atoms with van der Waals surface area (Å²) in [6.07, 6.45) is 4.57. The Morgan fingerprint density at radius 3 is 2.50 bits per heavy atom. The molecule has 0 aliphatic heterocycles. The molecule has 2 heterocycles. The van der Waals surface area contributed by atoms with Crippen LogP contribution in [-0.2, 0) is 4.74 Å². The molecule has 0 fully saturated rings. The second kappa shape index (κ2) is 8.99. The zero-order valence-electron chi connectivity index (χ0n) is 19.2. The van der Waals surface area contributed by atoms with Crippen molar-refractivity contribution in [2.75, 3.05) is 11.4 Å². The third kappa shape index (κ3) is 4.59. The van der Waals surface area contributed by atoms with Gasteiger partial charge in [0.2, 0.25) is 5.78 Å². The van der Waals surface area contributed by atoms with E-state index in [-0.39, 0.29) is 6.09 Å². The first-order valence-corrected chi connectivity index (χ1v) is 11.2. The van der Waals surface area contributed by atoms with Crippen molar-refractivity contribution in [2.45, 2.75) is 52.6 Å². The van der Waals surface area contributed by atoms with Crippen molar-refractivity contribution in [3.05, 3.63) is 60.8 Å². The van der Waals surface area contributed by atoms with Crippen LogP contribution in [-0.4, -0.2) is 32.6 Å². The number of aromatic nitrogens is 3. The number of unbranched alkanes of at least 4 members (excludes halogenated alkanes) is 2. The van der Waals surface area contributed by atoms with Gasteiger partial charge in [-0.3, -0.25) is 9.30 Å². The first kappa shape index (κ1) is 21.8. The molecule has 0 N–H and O–H groups in total. The molecule has 0 unspecified atom stereocenters. The molecule has 0 saturated carbocycles. The summed E-state index contributed by atoms with van der Waals surface area (Å²) in [5.74, 6) is 0.669. The highest BCUT2D eigenvalue weighted by molar-refractivity contribution is 5.88. The molecule has 6 nitrogen and oxygen atoms in total. The molecular weight excluding hydrogens is 400 g/mol. The van der Waals surface area contributed by atoms with Gasteiger partial charge in [-0.2, -0.15) is 0 Å². The zero-order valence-corrected chi connectivity index (χ0v) is 19.2. The zero-order chi connectivity index (χ0) is 22.7. The van der Waals surface area contributed by atoms with Crippen molar-refractivity contribution in [2.24, 2.45) is 0 Å². The third-order valence-electron chi connectivity index (χ3n) is 5.28. The van der Waals surface area contributed by atoms with Gasteiger partial charge in [0.15, 0.2) is 0 Å². The highest BCUT2D eigenvalue weighted by Gasteiger charge is 2.23. The highest BCUT2D eigenvalue weighted by Crippen LogP contribution is 2.27. The number of ether oxygens (including phenoxy) is 1. The number of benzene rings is 2. The van der Waals surface area contributed by atoms with E-state index >= 15 is 0 Å². The highest BCUT2D eigenvalue weighted by atomic mass is 16.6. The molecule has 1 amide bonds. The molecular formula is C26H30N4O2. The number of para-hydroxylation sites is 2. The maximum Gasteiger partial charge on any atom is 0.414 e. The number of fused-ring (bicyclic) bond motifs is 3. The Morgan fingerprint density at radius 2 is 1.78 bits per heavy atom. The van der Waals surface area contributed by atoms with Gasteiger partial charge in [-0.25, -0.2) is 14.8 Å². The normalized spacial score (nSPS) is 11.8. The number of carbonyl (C=O) groups is 1. The van der Waals surface area contributed by atoms with Gasteiger partial charge in [-0.05, 0) is 63.1 Å². The molecule has 166 valence electrons. The summed E-state index contributed by atoms with van der Waals surface area (Å²) in [7, 11) is 0. The van der Waals surface area contributed by atoms with Gasteiger partial charge < -0.3 is 4.74 Å². The predicted molar refractivity (Wildman–Crippen MR) is 129 cm³/mol. The first-order chi connectivity index (χ1) is 15.4. The number of nitrogens with zero attached hydrogens (tertiary/aromatic N) is 4. The Morgan fingerprint density at radius 1 is 1.03 bits per heavy atom. The quantitative estimate of drug-likeness (QED) is 0.328. The summed E-state index contributed by atoms with van der Waals surface area (Å²) in [4.78, 5) is 23.7. The van der Waals surface area contributed by atoms with Crippen LogP contribution in [0.2, 0.25) is 0 Å². The molecule has 6 heteroatoms. The van der Waals surface area contributed by atoms with Crippen molar-refractivity contribution in [3.8, 4) is 11.3 Å². The van der Waals surface area contributed by atoms with Crippen LogP contribution < -0.4 is 4.90 Å². The van der Waals surface area contributed by atoms with Crippen LogP contribution in [0.1, 0.15) is 47.0 Å². The van der Waals surface area contributed by atoms with Gasteiger partial charge in [-0.1, -0.05) is 44.0 Å². The number of hydrogen-bond acceptors (Lipinski definition) is 4. The monoisotopic (exact) mass is 430 g/mol. The minimum absolute atomic E-state index is 0.312. The van der Waals surface area contributed by atoms with Crippen molar-refractivity contribution < 1.29 is 9.53 Å². The van der Waals surface area contributed by atoms with E-state index in [0.717, 1.165) is 47.2 Å². The predicted octanol–water partition coefficient (Wildman–Crippen LogP) is 6.48.